The highest BCUT2D eigenvalue weighted by molar-refractivity contribution is 7.92. The number of benzene rings is 2. The molecule has 0 aliphatic rings. The van der Waals surface area contributed by atoms with E-state index in [1.165, 1.54) is 12.1 Å². The molecule has 2 amide bonds. The van der Waals surface area contributed by atoms with E-state index in [-0.39, 0.29) is 18.2 Å². The summed E-state index contributed by atoms with van der Waals surface area (Å²) < 4.78 is 24.9. The van der Waals surface area contributed by atoms with E-state index >= 15 is 0 Å². The molecule has 8 heteroatoms. The standard InChI is InChI=1S/C18H19N3O4S/c1-3-17(22)19-14-9-7-13(8-10-14)11-18(23)20-15-5-4-6-16(12-15)21-26(2,24)25/h3-10,12,21H,1,11H2,2H3,(H,19,22)(H,20,23). The number of hydrogen-bond donors (Lipinski definition) is 3. The summed E-state index contributed by atoms with van der Waals surface area (Å²) in [5, 5.41) is 5.34. The predicted molar refractivity (Wildman–Crippen MR) is 103 cm³/mol. The minimum atomic E-state index is -3.38. The lowest BCUT2D eigenvalue weighted by Gasteiger charge is -2.09. The second kappa shape index (κ2) is 8.30. The van der Waals surface area contributed by atoms with Crippen molar-refractivity contribution in [3.05, 3.63) is 66.7 Å². The fourth-order valence-corrected chi connectivity index (χ4v) is 2.72. The monoisotopic (exact) mass is 373 g/mol. The molecule has 0 saturated heterocycles. The molecule has 136 valence electrons. The molecule has 0 fully saturated rings. The highest BCUT2D eigenvalue weighted by Crippen LogP contribution is 2.17. The maximum Gasteiger partial charge on any atom is 0.247 e. The molecule has 3 N–H and O–H groups in total. The third-order valence-electron chi connectivity index (χ3n) is 3.22. The quantitative estimate of drug-likeness (QED) is 0.648. The first-order valence-electron chi connectivity index (χ1n) is 7.65. The van der Waals surface area contributed by atoms with E-state index in [1.54, 1.807) is 42.5 Å². The van der Waals surface area contributed by atoms with Crippen LogP contribution in [0.3, 0.4) is 0 Å². The van der Waals surface area contributed by atoms with Gasteiger partial charge in [-0.2, -0.15) is 0 Å². The van der Waals surface area contributed by atoms with Gasteiger partial charge in [-0.15, -0.1) is 0 Å². The van der Waals surface area contributed by atoms with Crippen LogP contribution < -0.4 is 15.4 Å². The van der Waals surface area contributed by atoms with Crippen molar-refractivity contribution >= 4 is 38.9 Å². The van der Waals surface area contributed by atoms with Crippen molar-refractivity contribution < 1.29 is 18.0 Å². The van der Waals surface area contributed by atoms with Crippen LogP contribution >= 0.6 is 0 Å². The van der Waals surface area contributed by atoms with Crippen LogP contribution in [0.1, 0.15) is 5.56 Å². The predicted octanol–water partition coefficient (Wildman–Crippen LogP) is 2.36. The van der Waals surface area contributed by atoms with Crippen molar-refractivity contribution in [3.63, 3.8) is 0 Å². The Morgan fingerprint density at radius 1 is 1.00 bits per heavy atom. The second-order valence-corrected chi connectivity index (χ2v) is 7.32. The molecule has 0 saturated carbocycles. The Morgan fingerprint density at radius 2 is 1.65 bits per heavy atom. The van der Waals surface area contributed by atoms with Crippen molar-refractivity contribution in [2.24, 2.45) is 0 Å². The van der Waals surface area contributed by atoms with Crippen LogP contribution in [-0.2, 0) is 26.0 Å². The summed E-state index contributed by atoms with van der Waals surface area (Å²) in [6, 6.07) is 13.3. The number of nitrogens with one attached hydrogen (secondary N) is 3. The molecular formula is C18H19N3O4S. The van der Waals surface area contributed by atoms with E-state index in [2.05, 4.69) is 21.9 Å². The van der Waals surface area contributed by atoms with Crippen LogP contribution in [0, 0.1) is 0 Å². The molecule has 26 heavy (non-hydrogen) atoms. The van der Waals surface area contributed by atoms with Crippen LogP contribution in [0.2, 0.25) is 0 Å². The summed E-state index contributed by atoms with van der Waals surface area (Å²) in [7, 11) is -3.38. The summed E-state index contributed by atoms with van der Waals surface area (Å²) in [5.74, 6) is -0.553. The van der Waals surface area contributed by atoms with E-state index < -0.39 is 10.0 Å². The molecule has 0 aliphatic heterocycles. The molecule has 7 nitrogen and oxygen atoms in total. The number of carbonyl (C=O) groups excluding carboxylic acids is 2. The SMILES string of the molecule is C=CC(=O)Nc1ccc(CC(=O)Nc2cccc(NS(C)(=O)=O)c2)cc1. The third kappa shape index (κ3) is 6.40. The zero-order valence-electron chi connectivity index (χ0n) is 14.2. The Morgan fingerprint density at radius 3 is 2.27 bits per heavy atom. The van der Waals surface area contributed by atoms with Gasteiger partial charge in [0.25, 0.3) is 0 Å². The molecular weight excluding hydrogens is 354 g/mol. The highest BCUT2D eigenvalue weighted by atomic mass is 32.2. The maximum atomic E-state index is 12.2. The number of amides is 2. The van der Waals surface area contributed by atoms with Gasteiger partial charge in [-0.05, 0) is 42.0 Å². The average molecular weight is 373 g/mol. The highest BCUT2D eigenvalue weighted by Gasteiger charge is 2.07. The smallest absolute Gasteiger partial charge is 0.247 e. The Labute approximate surface area is 152 Å². The molecule has 0 unspecified atom stereocenters. The first kappa shape index (κ1) is 19.2. The fourth-order valence-electron chi connectivity index (χ4n) is 2.16. The van der Waals surface area contributed by atoms with E-state index in [1.807, 2.05) is 0 Å². The van der Waals surface area contributed by atoms with Crippen molar-refractivity contribution in [3.8, 4) is 0 Å². The Kier molecular flexibility index (Phi) is 6.13. The van der Waals surface area contributed by atoms with Gasteiger partial charge in [0, 0.05) is 11.4 Å². The molecule has 0 aromatic heterocycles. The lowest BCUT2D eigenvalue weighted by Crippen LogP contribution is -2.15. The van der Waals surface area contributed by atoms with Crippen LogP contribution in [0.15, 0.2) is 61.2 Å². The summed E-state index contributed by atoms with van der Waals surface area (Å²) in [5.41, 5.74) is 2.23. The average Bonchev–Trinajstić information content (AvgIpc) is 2.55. The van der Waals surface area contributed by atoms with Crippen molar-refractivity contribution in [2.45, 2.75) is 6.42 Å². The van der Waals surface area contributed by atoms with Gasteiger partial charge in [-0.1, -0.05) is 24.8 Å². The van der Waals surface area contributed by atoms with Crippen molar-refractivity contribution in [1.82, 2.24) is 0 Å². The van der Waals surface area contributed by atoms with Crippen molar-refractivity contribution in [1.29, 1.82) is 0 Å². The topological polar surface area (TPSA) is 104 Å². The Hall–Kier alpha value is -3.13. The van der Waals surface area contributed by atoms with Gasteiger partial charge < -0.3 is 10.6 Å². The molecule has 2 aromatic carbocycles. The molecule has 0 atom stereocenters. The largest absolute Gasteiger partial charge is 0.326 e. The first-order valence-corrected chi connectivity index (χ1v) is 9.54. The number of hydrogen-bond acceptors (Lipinski definition) is 4. The zero-order chi connectivity index (χ0) is 19.2. The van der Waals surface area contributed by atoms with E-state index in [9.17, 15) is 18.0 Å². The van der Waals surface area contributed by atoms with Gasteiger partial charge in [0.05, 0.1) is 18.4 Å². The van der Waals surface area contributed by atoms with Crippen molar-refractivity contribution in [2.75, 3.05) is 21.6 Å². The lowest BCUT2D eigenvalue weighted by atomic mass is 10.1. The van der Waals surface area contributed by atoms with Crippen LogP contribution in [0.25, 0.3) is 0 Å². The van der Waals surface area contributed by atoms with Crippen LogP contribution in [0.5, 0.6) is 0 Å². The van der Waals surface area contributed by atoms with Gasteiger partial charge in [-0.3, -0.25) is 14.3 Å². The minimum absolute atomic E-state index is 0.138. The molecule has 0 radical (unpaired) electrons. The van der Waals surface area contributed by atoms with Gasteiger partial charge in [0.2, 0.25) is 21.8 Å². The van der Waals surface area contributed by atoms with Crippen LogP contribution in [0.4, 0.5) is 17.1 Å². The van der Waals surface area contributed by atoms with E-state index in [4.69, 9.17) is 0 Å². The van der Waals surface area contributed by atoms with Gasteiger partial charge in [-0.25, -0.2) is 8.42 Å². The van der Waals surface area contributed by atoms with Gasteiger partial charge >= 0.3 is 0 Å². The van der Waals surface area contributed by atoms with Gasteiger partial charge in [0.1, 0.15) is 0 Å². The molecule has 2 aromatic rings. The summed E-state index contributed by atoms with van der Waals surface area (Å²) in [6.45, 7) is 3.38. The molecule has 0 heterocycles. The maximum absolute atomic E-state index is 12.2. The van der Waals surface area contributed by atoms with E-state index in [0.717, 1.165) is 11.8 Å². The summed E-state index contributed by atoms with van der Waals surface area (Å²) in [4.78, 5) is 23.4. The minimum Gasteiger partial charge on any atom is -0.326 e. The summed E-state index contributed by atoms with van der Waals surface area (Å²) in [6.07, 6.45) is 2.37. The second-order valence-electron chi connectivity index (χ2n) is 5.57. The molecule has 0 aliphatic carbocycles. The van der Waals surface area contributed by atoms with E-state index in [0.29, 0.717) is 17.1 Å². The number of carbonyl (C=O) groups is 2. The Balaban J connectivity index is 1.97. The number of anilines is 3. The lowest BCUT2D eigenvalue weighted by molar-refractivity contribution is -0.115. The molecule has 0 spiro atoms. The normalized spacial score (nSPS) is 10.7. The fraction of sp³-hybridized carbons (Fsp3) is 0.111. The molecule has 2 rings (SSSR count). The van der Waals surface area contributed by atoms with Crippen LogP contribution in [-0.4, -0.2) is 26.5 Å². The summed E-state index contributed by atoms with van der Waals surface area (Å²) >= 11 is 0. The van der Waals surface area contributed by atoms with Gasteiger partial charge in [0.15, 0.2) is 0 Å². The Bertz CT molecular complexity index is 922. The third-order valence-corrected chi connectivity index (χ3v) is 3.83. The number of sulfonamides is 1. The molecule has 0 bridgehead atoms. The zero-order valence-corrected chi connectivity index (χ0v) is 15.0. The first-order chi connectivity index (χ1) is 12.2. The number of rotatable bonds is 7.